The van der Waals surface area contributed by atoms with Gasteiger partial charge in [-0.3, -0.25) is 9.59 Å². The Labute approximate surface area is 108 Å². The highest BCUT2D eigenvalue weighted by Gasteiger charge is 2.25. The fraction of sp³-hybridized carbons (Fsp3) is 0.846. The van der Waals surface area contributed by atoms with Crippen molar-refractivity contribution in [2.45, 2.75) is 52.1 Å². The molecule has 1 heterocycles. The van der Waals surface area contributed by atoms with E-state index in [1.165, 1.54) is 0 Å². The van der Waals surface area contributed by atoms with Crippen LogP contribution in [0.1, 0.15) is 46.0 Å². The van der Waals surface area contributed by atoms with Gasteiger partial charge in [0, 0.05) is 19.6 Å². The minimum absolute atomic E-state index is 0.000346. The molecule has 104 valence electrons. The number of carboxylic acid groups (broad SMARTS) is 1. The van der Waals surface area contributed by atoms with Gasteiger partial charge in [0.2, 0.25) is 5.91 Å². The zero-order chi connectivity index (χ0) is 13.6. The number of ether oxygens (including phenoxy) is 1. The summed E-state index contributed by atoms with van der Waals surface area (Å²) in [5.41, 5.74) is -0.511. The first-order valence-corrected chi connectivity index (χ1v) is 6.49. The highest BCUT2D eigenvalue weighted by Crippen LogP contribution is 2.24. The number of hydrogen-bond donors (Lipinski definition) is 2. The second-order valence-electron chi connectivity index (χ2n) is 5.70. The number of amides is 1. The first-order valence-electron chi connectivity index (χ1n) is 6.49. The normalized spacial score (nSPS) is 20.4. The van der Waals surface area contributed by atoms with E-state index in [1.807, 2.05) is 0 Å². The topological polar surface area (TPSA) is 75.6 Å². The molecule has 0 saturated carbocycles. The van der Waals surface area contributed by atoms with E-state index in [2.05, 4.69) is 5.32 Å². The van der Waals surface area contributed by atoms with Crippen LogP contribution in [-0.4, -0.2) is 36.2 Å². The summed E-state index contributed by atoms with van der Waals surface area (Å²) in [6.45, 7) is 4.88. The van der Waals surface area contributed by atoms with E-state index in [-0.39, 0.29) is 24.9 Å². The van der Waals surface area contributed by atoms with Gasteiger partial charge in [-0.25, -0.2) is 0 Å². The van der Waals surface area contributed by atoms with E-state index in [1.54, 1.807) is 13.8 Å². The van der Waals surface area contributed by atoms with E-state index in [0.29, 0.717) is 6.54 Å². The molecule has 2 N–H and O–H groups in total. The highest BCUT2D eigenvalue weighted by atomic mass is 16.5. The minimum atomic E-state index is -0.872. The summed E-state index contributed by atoms with van der Waals surface area (Å²) in [4.78, 5) is 22.4. The molecule has 0 bridgehead atoms. The van der Waals surface area contributed by atoms with Gasteiger partial charge in [0.05, 0.1) is 12.5 Å². The zero-order valence-corrected chi connectivity index (χ0v) is 11.2. The van der Waals surface area contributed by atoms with Crippen LogP contribution in [0.2, 0.25) is 0 Å². The van der Waals surface area contributed by atoms with Gasteiger partial charge in [0.1, 0.15) is 0 Å². The Morgan fingerprint density at radius 3 is 2.61 bits per heavy atom. The Bertz CT molecular complexity index is 295. The quantitative estimate of drug-likeness (QED) is 0.757. The van der Waals surface area contributed by atoms with Crippen LogP contribution < -0.4 is 5.32 Å². The predicted octanol–water partition coefficient (Wildman–Crippen LogP) is 1.56. The van der Waals surface area contributed by atoms with E-state index in [4.69, 9.17) is 9.84 Å². The van der Waals surface area contributed by atoms with Crippen molar-refractivity contribution in [2.75, 3.05) is 13.2 Å². The number of carbonyl (C=O) groups is 2. The van der Waals surface area contributed by atoms with Crippen molar-refractivity contribution in [2.24, 2.45) is 5.41 Å². The van der Waals surface area contributed by atoms with Crippen molar-refractivity contribution >= 4 is 11.9 Å². The van der Waals surface area contributed by atoms with Crippen LogP contribution >= 0.6 is 0 Å². The molecule has 1 aliphatic rings. The van der Waals surface area contributed by atoms with Crippen LogP contribution in [0.25, 0.3) is 0 Å². The lowest BCUT2D eigenvalue weighted by atomic mass is 9.85. The summed E-state index contributed by atoms with van der Waals surface area (Å²) in [6, 6.07) is 0. The van der Waals surface area contributed by atoms with Gasteiger partial charge in [0.25, 0.3) is 0 Å². The molecule has 1 fully saturated rings. The number of rotatable bonds is 6. The smallest absolute Gasteiger partial charge is 0.303 e. The molecule has 0 aromatic carbocycles. The second-order valence-corrected chi connectivity index (χ2v) is 5.70. The average molecular weight is 257 g/mol. The Kier molecular flexibility index (Phi) is 5.59. The molecule has 1 aliphatic heterocycles. The third-order valence-electron chi connectivity index (χ3n) is 3.07. The maximum atomic E-state index is 11.7. The third-order valence-corrected chi connectivity index (χ3v) is 3.07. The standard InChI is InChI=1S/C13H23NO4/c1-13(2,8-12(16)17)7-11(15)14-9-10-5-3-4-6-18-10/h10H,3-9H2,1-2H3,(H,14,15)(H,16,17). The molecule has 0 aromatic heterocycles. The molecule has 0 aliphatic carbocycles. The van der Waals surface area contributed by atoms with E-state index in [9.17, 15) is 9.59 Å². The van der Waals surface area contributed by atoms with Crippen molar-refractivity contribution in [1.82, 2.24) is 5.32 Å². The average Bonchev–Trinajstić information content (AvgIpc) is 2.25. The van der Waals surface area contributed by atoms with Gasteiger partial charge in [-0.1, -0.05) is 13.8 Å². The fourth-order valence-electron chi connectivity index (χ4n) is 2.17. The molecule has 1 unspecified atom stereocenters. The van der Waals surface area contributed by atoms with E-state index in [0.717, 1.165) is 25.9 Å². The Hall–Kier alpha value is -1.10. The fourth-order valence-corrected chi connectivity index (χ4v) is 2.17. The number of carboxylic acids is 1. The van der Waals surface area contributed by atoms with Gasteiger partial charge in [-0.15, -0.1) is 0 Å². The van der Waals surface area contributed by atoms with Gasteiger partial charge in [-0.2, -0.15) is 0 Å². The van der Waals surface area contributed by atoms with Gasteiger partial charge in [0.15, 0.2) is 0 Å². The van der Waals surface area contributed by atoms with Crippen LogP contribution in [0, 0.1) is 5.41 Å². The zero-order valence-electron chi connectivity index (χ0n) is 11.2. The molecule has 5 nitrogen and oxygen atoms in total. The molecule has 1 amide bonds. The monoisotopic (exact) mass is 257 g/mol. The van der Waals surface area contributed by atoms with Crippen molar-refractivity contribution < 1.29 is 19.4 Å². The van der Waals surface area contributed by atoms with Crippen molar-refractivity contribution in [3.8, 4) is 0 Å². The van der Waals surface area contributed by atoms with Crippen molar-refractivity contribution in [1.29, 1.82) is 0 Å². The van der Waals surface area contributed by atoms with Crippen LogP contribution in [-0.2, 0) is 14.3 Å². The Morgan fingerprint density at radius 2 is 2.06 bits per heavy atom. The summed E-state index contributed by atoms with van der Waals surface area (Å²) in [7, 11) is 0. The van der Waals surface area contributed by atoms with E-state index < -0.39 is 11.4 Å². The first kappa shape index (κ1) is 15.0. The maximum absolute atomic E-state index is 11.7. The molecule has 5 heteroatoms. The largest absolute Gasteiger partial charge is 0.481 e. The van der Waals surface area contributed by atoms with Crippen LogP contribution in [0.15, 0.2) is 0 Å². The predicted molar refractivity (Wildman–Crippen MR) is 67.3 cm³/mol. The van der Waals surface area contributed by atoms with Gasteiger partial charge < -0.3 is 15.2 Å². The Morgan fingerprint density at radius 1 is 1.33 bits per heavy atom. The number of carbonyl (C=O) groups excluding carboxylic acids is 1. The molecule has 18 heavy (non-hydrogen) atoms. The van der Waals surface area contributed by atoms with Crippen LogP contribution in [0.5, 0.6) is 0 Å². The number of hydrogen-bond acceptors (Lipinski definition) is 3. The Balaban J connectivity index is 2.25. The lowest BCUT2D eigenvalue weighted by Crippen LogP contribution is -2.37. The highest BCUT2D eigenvalue weighted by molar-refractivity contribution is 5.77. The third kappa shape index (κ3) is 6.00. The van der Waals surface area contributed by atoms with Crippen LogP contribution in [0.3, 0.4) is 0 Å². The van der Waals surface area contributed by atoms with Crippen LogP contribution in [0.4, 0.5) is 0 Å². The molecule has 1 saturated heterocycles. The van der Waals surface area contributed by atoms with E-state index >= 15 is 0 Å². The number of aliphatic carboxylic acids is 1. The molecule has 0 spiro atoms. The second kappa shape index (κ2) is 6.73. The SMILES string of the molecule is CC(C)(CC(=O)O)CC(=O)NCC1CCCCO1. The summed E-state index contributed by atoms with van der Waals surface area (Å²) in [5, 5.41) is 11.6. The summed E-state index contributed by atoms with van der Waals surface area (Å²) < 4.78 is 5.51. The summed E-state index contributed by atoms with van der Waals surface area (Å²) in [5.74, 6) is -0.973. The number of nitrogens with one attached hydrogen (secondary N) is 1. The van der Waals surface area contributed by atoms with Crippen molar-refractivity contribution in [3.05, 3.63) is 0 Å². The molecule has 0 radical (unpaired) electrons. The molecular weight excluding hydrogens is 234 g/mol. The lowest BCUT2D eigenvalue weighted by Gasteiger charge is -2.25. The molecule has 1 rings (SSSR count). The molecular formula is C13H23NO4. The van der Waals surface area contributed by atoms with Gasteiger partial charge in [-0.05, 0) is 24.7 Å². The first-order chi connectivity index (χ1) is 8.39. The summed E-state index contributed by atoms with van der Waals surface area (Å²) in [6.07, 6.45) is 3.57. The van der Waals surface area contributed by atoms with Gasteiger partial charge >= 0.3 is 5.97 Å². The molecule has 1 atom stereocenters. The molecule has 0 aromatic rings. The summed E-state index contributed by atoms with van der Waals surface area (Å²) >= 11 is 0. The maximum Gasteiger partial charge on any atom is 0.303 e. The van der Waals surface area contributed by atoms with Crippen molar-refractivity contribution in [3.63, 3.8) is 0 Å². The minimum Gasteiger partial charge on any atom is -0.481 e. The lowest BCUT2D eigenvalue weighted by molar-refractivity contribution is -0.139.